The molecular formula is C16H10Br2N2. The first-order valence-corrected chi connectivity index (χ1v) is 7.66. The minimum absolute atomic E-state index is 0.916. The molecule has 4 heteroatoms. The van der Waals surface area contributed by atoms with Crippen LogP contribution in [-0.2, 0) is 0 Å². The normalized spacial score (nSPS) is 10.5. The summed E-state index contributed by atoms with van der Waals surface area (Å²) in [6.45, 7) is 0. The van der Waals surface area contributed by atoms with Crippen molar-refractivity contribution in [2.45, 2.75) is 0 Å². The first kappa shape index (κ1) is 13.5. The van der Waals surface area contributed by atoms with E-state index in [1.807, 2.05) is 48.7 Å². The van der Waals surface area contributed by atoms with E-state index >= 15 is 0 Å². The maximum atomic E-state index is 4.47. The molecule has 3 rings (SSSR count). The SMILES string of the molecule is Brc1ccccc1-c1cncnc1-c1ccccc1Br. The van der Waals surface area contributed by atoms with Gasteiger partial charge in [0, 0.05) is 26.3 Å². The number of aromatic nitrogens is 2. The van der Waals surface area contributed by atoms with Gasteiger partial charge in [0.05, 0.1) is 5.69 Å². The van der Waals surface area contributed by atoms with Crippen LogP contribution < -0.4 is 0 Å². The molecule has 0 amide bonds. The van der Waals surface area contributed by atoms with Crippen molar-refractivity contribution in [3.63, 3.8) is 0 Å². The van der Waals surface area contributed by atoms with E-state index < -0.39 is 0 Å². The van der Waals surface area contributed by atoms with Crippen LogP contribution in [0.4, 0.5) is 0 Å². The van der Waals surface area contributed by atoms with Crippen LogP contribution in [0.5, 0.6) is 0 Å². The second kappa shape index (κ2) is 5.85. The third-order valence-corrected chi connectivity index (χ3v) is 4.39. The van der Waals surface area contributed by atoms with Crippen LogP contribution in [0.25, 0.3) is 22.4 Å². The lowest BCUT2D eigenvalue weighted by atomic mass is 10.0. The molecule has 0 saturated carbocycles. The summed E-state index contributed by atoms with van der Waals surface area (Å²) in [6.07, 6.45) is 3.43. The Morgan fingerprint density at radius 2 is 1.30 bits per heavy atom. The first-order valence-electron chi connectivity index (χ1n) is 6.07. The second-order valence-corrected chi connectivity index (χ2v) is 5.95. The highest BCUT2D eigenvalue weighted by Gasteiger charge is 2.13. The first-order chi connectivity index (χ1) is 9.77. The van der Waals surface area contributed by atoms with Gasteiger partial charge in [0.2, 0.25) is 0 Å². The minimum atomic E-state index is 0.916. The predicted molar refractivity (Wildman–Crippen MR) is 88.3 cm³/mol. The lowest BCUT2D eigenvalue weighted by molar-refractivity contribution is 1.17. The smallest absolute Gasteiger partial charge is 0.116 e. The minimum Gasteiger partial charge on any atom is -0.244 e. The van der Waals surface area contributed by atoms with Gasteiger partial charge in [-0.15, -0.1) is 0 Å². The molecule has 2 aromatic carbocycles. The fraction of sp³-hybridized carbons (Fsp3) is 0. The van der Waals surface area contributed by atoms with E-state index in [0.717, 1.165) is 31.3 Å². The summed E-state index contributed by atoms with van der Waals surface area (Å²) in [7, 11) is 0. The Balaban J connectivity index is 2.25. The van der Waals surface area contributed by atoms with Crippen molar-refractivity contribution >= 4 is 31.9 Å². The lowest BCUT2D eigenvalue weighted by Gasteiger charge is -2.11. The molecule has 98 valence electrons. The Bertz CT molecular complexity index is 692. The van der Waals surface area contributed by atoms with Gasteiger partial charge in [0.1, 0.15) is 6.33 Å². The van der Waals surface area contributed by atoms with Crippen molar-refractivity contribution in [1.29, 1.82) is 0 Å². The molecule has 0 bridgehead atoms. The van der Waals surface area contributed by atoms with Gasteiger partial charge in [0.15, 0.2) is 0 Å². The molecule has 20 heavy (non-hydrogen) atoms. The largest absolute Gasteiger partial charge is 0.244 e. The molecule has 0 unspecified atom stereocenters. The van der Waals surface area contributed by atoms with E-state index in [2.05, 4.69) is 47.9 Å². The Kier molecular flexibility index (Phi) is 3.94. The predicted octanol–water partition coefficient (Wildman–Crippen LogP) is 5.34. The van der Waals surface area contributed by atoms with Crippen LogP contribution in [0.2, 0.25) is 0 Å². The van der Waals surface area contributed by atoms with Gasteiger partial charge in [-0.05, 0) is 17.7 Å². The standard InChI is InChI=1S/C16H10Br2N2/c17-14-7-3-1-5-11(14)13-9-19-10-20-16(13)12-6-2-4-8-15(12)18/h1-10H. The number of nitrogens with zero attached hydrogens (tertiary/aromatic N) is 2. The van der Waals surface area contributed by atoms with Crippen molar-refractivity contribution in [1.82, 2.24) is 9.97 Å². The molecular weight excluding hydrogens is 380 g/mol. The van der Waals surface area contributed by atoms with E-state index in [-0.39, 0.29) is 0 Å². The summed E-state index contributed by atoms with van der Waals surface area (Å²) in [5.74, 6) is 0. The summed E-state index contributed by atoms with van der Waals surface area (Å²) >= 11 is 7.18. The van der Waals surface area contributed by atoms with E-state index in [4.69, 9.17) is 0 Å². The molecule has 0 aliphatic rings. The molecule has 0 saturated heterocycles. The summed E-state index contributed by atoms with van der Waals surface area (Å²) < 4.78 is 2.05. The molecule has 0 N–H and O–H groups in total. The van der Waals surface area contributed by atoms with Crippen molar-refractivity contribution in [3.05, 3.63) is 70.0 Å². The maximum absolute atomic E-state index is 4.47. The lowest BCUT2D eigenvalue weighted by Crippen LogP contribution is -1.92. The Labute approximate surface area is 134 Å². The summed E-state index contributed by atoms with van der Waals surface area (Å²) in [6, 6.07) is 16.1. The second-order valence-electron chi connectivity index (χ2n) is 4.24. The van der Waals surface area contributed by atoms with Gasteiger partial charge in [-0.1, -0.05) is 68.3 Å². The van der Waals surface area contributed by atoms with E-state index in [0.29, 0.717) is 0 Å². The van der Waals surface area contributed by atoms with Gasteiger partial charge < -0.3 is 0 Å². The maximum Gasteiger partial charge on any atom is 0.116 e. The Morgan fingerprint density at radius 1 is 0.700 bits per heavy atom. The summed E-state index contributed by atoms with van der Waals surface area (Å²) in [4.78, 5) is 8.64. The van der Waals surface area contributed by atoms with Crippen LogP contribution in [0, 0.1) is 0 Å². The van der Waals surface area contributed by atoms with Crippen LogP contribution in [-0.4, -0.2) is 9.97 Å². The van der Waals surface area contributed by atoms with Crippen LogP contribution >= 0.6 is 31.9 Å². The number of halogens is 2. The molecule has 0 fully saturated rings. The van der Waals surface area contributed by atoms with E-state index in [1.54, 1.807) is 6.33 Å². The van der Waals surface area contributed by atoms with Crippen molar-refractivity contribution in [3.8, 4) is 22.4 Å². The van der Waals surface area contributed by atoms with Crippen LogP contribution in [0.15, 0.2) is 70.0 Å². The number of hydrogen-bond acceptors (Lipinski definition) is 2. The third kappa shape index (κ3) is 2.53. The molecule has 0 aliphatic carbocycles. The number of hydrogen-bond donors (Lipinski definition) is 0. The molecule has 1 heterocycles. The van der Waals surface area contributed by atoms with Crippen molar-refractivity contribution in [2.75, 3.05) is 0 Å². The monoisotopic (exact) mass is 388 g/mol. The van der Waals surface area contributed by atoms with Crippen molar-refractivity contribution in [2.24, 2.45) is 0 Å². The van der Waals surface area contributed by atoms with Crippen LogP contribution in [0.3, 0.4) is 0 Å². The quantitative estimate of drug-likeness (QED) is 0.591. The molecule has 0 spiro atoms. The van der Waals surface area contributed by atoms with Gasteiger partial charge in [-0.3, -0.25) is 0 Å². The summed E-state index contributed by atoms with van der Waals surface area (Å²) in [5, 5.41) is 0. The number of benzene rings is 2. The zero-order chi connectivity index (χ0) is 13.9. The van der Waals surface area contributed by atoms with E-state index in [1.165, 1.54) is 0 Å². The molecule has 0 aliphatic heterocycles. The zero-order valence-electron chi connectivity index (χ0n) is 10.4. The van der Waals surface area contributed by atoms with Gasteiger partial charge in [-0.2, -0.15) is 0 Å². The average Bonchev–Trinajstić information content (AvgIpc) is 2.48. The highest BCUT2D eigenvalue weighted by atomic mass is 79.9. The molecule has 0 radical (unpaired) electrons. The highest BCUT2D eigenvalue weighted by molar-refractivity contribution is 9.11. The molecule has 1 aromatic heterocycles. The highest BCUT2D eigenvalue weighted by Crippen LogP contribution is 2.36. The average molecular weight is 390 g/mol. The number of rotatable bonds is 2. The third-order valence-electron chi connectivity index (χ3n) is 3.01. The Morgan fingerprint density at radius 3 is 1.95 bits per heavy atom. The Hall–Kier alpha value is -1.52. The molecule has 0 atom stereocenters. The topological polar surface area (TPSA) is 25.8 Å². The fourth-order valence-electron chi connectivity index (χ4n) is 2.07. The van der Waals surface area contributed by atoms with Crippen molar-refractivity contribution < 1.29 is 0 Å². The molecule has 2 nitrogen and oxygen atoms in total. The zero-order valence-corrected chi connectivity index (χ0v) is 13.6. The summed E-state index contributed by atoms with van der Waals surface area (Å²) in [5.41, 5.74) is 4.06. The van der Waals surface area contributed by atoms with Gasteiger partial charge in [-0.25, -0.2) is 9.97 Å². The van der Waals surface area contributed by atoms with Gasteiger partial charge >= 0.3 is 0 Å². The van der Waals surface area contributed by atoms with Gasteiger partial charge in [0.25, 0.3) is 0 Å². The fourth-order valence-corrected chi connectivity index (χ4v) is 3.05. The van der Waals surface area contributed by atoms with E-state index in [9.17, 15) is 0 Å². The van der Waals surface area contributed by atoms with Crippen LogP contribution in [0.1, 0.15) is 0 Å². The molecule has 3 aromatic rings.